The Kier molecular flexibility index (Phi) is 6.30. The summed E-state index contributed by atoms with van der Waals surface area (Å²) in [6, 6.07) is 11.8. The zero-order chi connectivity index (χ0) is 17.5. The number of nitrogens with one attached hydrogen (secondary N) is 1. The smallest absolute Gasteiger partial charge is 0.251 e. The molecule has 2 aromatic rings. The monoisotopic (exact) mass is 357 g/mol. The normalized spacial score (nSPS) is 14.4. The van der Waals surface area contributed by atoms with Gasteiger partial charge in [0.2, 0.25) is 0 Å². The van der Waals surface area contributed by atoms with Gasteiger partial charge in [0.15, 0.2) is 0 Å². The minimum Gasteiger partial charge on any atom is -0.378 e. The van der Waals surface area contributed by atoms with Crippen molar-refractivity contribution in [1.82, 2.24) is 10.3 Å². The Hall–Kier alpha value is -2.05. The Morgan fingerprint density at radius 1 is 1.16 bits per heavy atom. The summed E-state index contributed by atoms with van der Waals surface area (Å²) >= 11 is 1.77. The van der Waals surface area contributed by atoms with Crippen LogP contribution in [0.15, 0.2) is 42.6 Å². The summed E-state index contributed by atoms with van der Waals surface area (Å²) in [5, 5.41) is 2.95. The zero-order valence-electron chi connectivity index (χ0n) is 14.4. The molecular weight excluding hydrogens is 334 g/mol. The van der Waals surface area contributed by atoms with Gasteiger partial charge >= 0.3 is 0 Å². The number of hydrogen-bond donors (Lipinski definition) is 1. The molecule has 1 saturated heterocycles. The van der Waals surface area contributed by atoms with E-state index < -0.39 is 0 Å². The largest absolute Gasteiger partial charge is 0.378 e. The van der Waals surface area contributed by atoms with Gasteiger partial charge in [-0.25, -0.2) is 4.98 Å². The van der Waals surface area contributed by atoms with Crippen molar-refractivity contribution in [2.45, 2.75) is 12.3 Å². The molecule has 0 aliphatic carbocycles. The fraction of sp³-hybridized carbons (Fsp3) is 0.368. The molecule has 0 unspecified atom stereocenters. The van der Waals surface area contributed by atoms with E-state index in [-0.39, 0.29) is 5.91 Å². The minimum atomic E-state index is -0.0621. The van der Waals surface area contributed by atoms with Crippen LogP contribution in [-0.2, 0) is 17.0 Å². The Bertz CT molecular complexity index is 683. The Morgan fingerprint density at radius 2 is 1.88 bits per heavy atom. The van der Waals surface area contributed by atoms with Crippen LogP contribution in [0.4, 0.5) is 5.82 Å². The van der Waals surface area contributed by atoms with Gasteiger partial charge in [-0.1, -0.05) is 18.2 Å². The SMILES string of the molecule is CSCc1ccc(C(=O)NCc2ccc(N3CCOCC3)nc2)cc1. The Labute approximate surface area is 152 Å². The number of carbonyl (C=O) groups is 1. The molecule has 1 aliphatic heterocycles. The molecule has 1 fully saturated rings. The molecule has 1 aromatic carbocycles. The molecule has 5 nitrogen and oxygen atoms in total. The highest BCUT2D eigenvalue weighted by atomic mass is 32.2. The summed E-state index contributed by atoms with van der Waals surface area (Å²) in [6.45, 7) is 3.71. The fourth-order valence-electron chi connectivity index (χ4n) is 2.70. The van der Waals surface area contributed by atoms with E-state index in [1.54, 1.807) is 11.8 Å². The molecule has 0 spiro atoms. The molecule has 1 aliphatic rings. The second-order valence-electron chi connectivity index (χ2n) is 5.94. The van der Waals surface area contributed by atoms with Gasteiger partial charge in [0.05, 0.1) is 13.2 Å². The van der Waals surface area contributed by atoms with Crippen molar-refractivity contribution < 1.29 is 9.53 Å². The predicted molar refractivity (Wildman–Crippen MR) is 102 cm³/mol. The summed E-state index contributed by atoms with van der Waals surface area (Å²) in [5.41, 5.74) is 2.90. The van der Waals surface area contributed by atoms with Gasteiger partial charge in [-0.2, -0.15) is 11.8 Å². The number of nitrogens with zero attached hydrogens (tertiary/aromatic N) is 2. The minimum absolute atomic E-state index is 0.0621. The topological polar surface area (TPSA) is 54.5 Å². The Balaban J connectivity index is 1.53. The molecule has 0 radical (unpaired) electrons. The number of thioether (sulfide) groups is 1. The van der Waals surface area contributed by atoms with Gasteiger partial charge in [-0.05, 0) is 35.6 Å². The molecule has 3 rings (SSSR count). The van der Waals surface area contributed by atoms with Crippen LogP contribution in [0.3, 0.4) is 0 Å². The fourth-order valence-corrected chi connectivity index (χ4v) is 3.23. The zero-order valence-corrected chi connectivity index (χ0v) is 15.2. The first kappa shape index (κ1) is 17.8. The number of ether oxygens (including phenoxy) is 1. The maximum Gasteiger partial charge on any atom is 0.251 e. The first-order valence-corrected chi connectivity index (χ1v) is 9.79. The van der Waals surface area contributed by atoms with Crippen LogP contribution in [0.1, 0.15) is 21.5 Å². The number of amides is 1. The quantitative estimate of drug-likeness (QED) is 0.861. The highest BCUT2D eigenvalue weighted by molar-refractivity contribution is 7.97. The van der Waals surface area contributed by atoms with Crippen LogP contribution < -0.4 is 10.2 Å². The lowest BCUT2D eigenvalue weighted by molar-refractivity contribution is 0.0951. The number of hydrogen-bond acceptors (Lipinski definition) is 5. The molecule has 132 valence electrons. The van der Waals surface area contributed by atoms with Gasteiger partial charge in [0.1, 0.15) is 5.82 Å². The molecule has 0 atom stereocenters. The van der Waals surface area contributed by atoms with Crippen molar-refractivity contribution in [1.29, 1.82) is 0 Å². The van der Waals surface area contributed by atoms with Crippen molar-refractivity contribution in [3.63, 3.8) is 0 Å². The van der Waals surface area contributed by atoms with Crippen LogP contribution in [0.5, 0.6) is 0 Å². The lowest BCUT2D eigenvalue weighted by Crippen LogP contribution is -2.36. The lowest BCUT2D eigenvalue weighted by atomic mass is 10.1. The highest BCUT2D eigenvalue weighted by Crippen LogP contribution is 2.13. The van der Waals surface area contributed by atoms with Crippen molar-refractivity contribution in [3.8, 4) is 0 Å². The van der Waals surface area contributed by atoms with Gasteiger partial charge < -0.3 is 15.0 Å². The average molecular weight is 357 g/mol. The van der Waals surface area contributed by atoms with Gasteiger partial charge in [0.25, 0.3) is 5.91 Å². The van der Waals surface area contributed by atoms with E-state index >= 15 is 0 Å². The maximum absolute atomic E-state index is 12.2. The molecule has 2 heterocycles. The van der Waals surface area contributed by atoms with Gasteiger partial charge in [-0.15, -0.1) is 0 Å². The van der Waals surface area contributed by atoms with Crippen LogP contribution in [0.25, 0.3) is 0 Å². The summed E-state index contributed by atoms with van der Waals surface area (Å²) < 4.78 is 5.35. The van der Waals surface area contributed by atoms with Crippen LogP contribution in [0.2, 0.25) is 0 Å². The van der Waals surface area contributed by atoms with Crippen molar-refractivity contribution >= 4 is 23.5 Å². The van der Waals surface area contributed by atoms with E-state index in [2.05, 4.69) is 21.5 Å². The summed E-state index contributed by atoms with van der Waals surface area (Å²) in [4.78, 5) is 19.0. The van der Waals surface area contributed by atoms with E-state index in [4.69, 9.17) is 4.74 Å². The van der Waals surface area contributed by atoms with Crippen molar-refractivity contribution in [2.75, 3.05) is 37.5 Å². The average Bonchev–Trinajstić information content (AvgIpc) is 2.68. The van der Waals surface area contributed by atoms with Crippen LogP contribution >= 0.6 is 11.8 Å². The second-order valence-corrected chi connectivity index (χ2v) is 6.80. The number of aromatic nitrogens is 1. The molecule has 6 heteroatoms. The third-order valence-corrected chi connectivity index (χ3v) is 4.75. The summed E-state index contributed by atoms with van der Waals surface area (Å²) in [5.74, 6) is 1.86. The molecule has 1 aromatic heterocycles. The second kappa shape index (κ2) is 8.87. The first-order chi connectivity index (χ1) is 12.3. The van der Waals surface area contributed by atoms with Crippen LogP contribution in [-0.4, -0.2) is 43.5 Å². The Morgan fingerprint density at radius 3 is 2.52 bits per heavy atom. The van der Waals surface area contributed by atoms with E-state index in [1.165, 1.54) is 5.56 Å². The predicted octanol–water partition coefficient (Wildman–Crippen LogP) is 2.71. The van der Waals surface area contributed by atoms with Gasteiger partial charge in [0, 0.05) is 37.1 Å². The maximum atomic E-state index is 12.2. The van der Waals surface area contributed by atoms with Crippen LogP contribution in [0, 0.1) is 0 Å². The number of anilines is 1. The first-order valence-electron chi connectivity index (χ1n) is 8.40. The molecule has 1 N–H and O–H groups in total. The van der Waals surface area contributed by atoms with E-state index in [0.29, 0.717) is 12.1 Å². The standard InChI is InChI=1S/C19H23N3O2S/c1-25-14-15-2-5-17(6-3-15)19(23)21-13-16-4-7-18(20-12-16)22-8-10-24-11-9-22/h2-7,12H,8-11,13-14H2,1H3,(H,21,23). The molecule has 1 amide bonds. The summed E-state index contributed by atoms with van der Waals surface area (Å²) in [7, 11) is 0. The highest BCUT2D eigenvalue weighted by Gasteiger charge is 2.12. The van der Waals surface area contributed by atoms with Crippen molar-refractivity contribution in [3.05, 3.63) is 59.3 Å². The number of benzene rings is 1. The van der Waals surface area contributed by atoms with E-state index in [1.807, 2.05) is 42.6 Å². The van der Waals surface area contributed by atoms with E-state index in [9.17, 15) is 4.79 Å². The molecule has 25 heavy (non-hydrogen) atoms. The summed E-state index contributed by atoms with van der Waals surface area (Å²) in [6.07, 6.45) is 3.89. The molecule has 0 bridgehead atoms. The third-order valence-electron chi connectivity index (χ3n) is 4.12. The van der Waals surface area contributed by atoms with E-state index in [0.717, 1.165) is 43.4 Å². The lowest BCUT2D eigenvalue weighted by Gasteiger charge is -2.27. The number of rotatable bonds is 6. The molecular formula is C19H23N3O2S. The number of carbonyl (C=O) groups excluding carboxylic acids is 1. The number of morpholine rings is 1. The number of pyridine rings is 1. The third kappa shape index (κ3) is 4.96. The molecule has 0 saturated carbocycles. The van der Waals surface area contributed by atoms with Crippen molar-refractivity contribution in [2.24, 2.45) is 0 Å². The van der Waals surface area contributed by atoms with Gasteiger partial charge in [-0.3, -0.25) is 4.79 Å².